The van der Waals surface area contributed by atoms with E-state index in [1.807, 2.05) is 36.4 Å². The highest BCUT2D eigenvalue weighted by molar-refractivity contribution is 5.89. The Morgan fingerprint density at radius 2 is 0.946 bits per heavy atom. The predicted octanol–water partition coefficient (Wildman–Crippen LogP) is 12.6. The van der Waals surface area contributed by atoms with E-state index in [0.29, 0.717) is 22.6 Å². The Hall–Kier alpha value is -4.14. The lowest BCUT2D eigenvalue weighted by Gasteiger charge is -2.19. The van der Waals surface area contributed by atoms with E-state index < -0.39 is 23.7 Å². The van der Waals surface area contributed by atoms with Gasteiger partial charge in [0.2, 0.25) is 0 Å². The number of aryl methyl sites for hydroxylation is 2. The number of hydrogen-bond donors (Lipinski definition) is 0. The number of unbranched alkanes of at least 4 members (excludes halogenated alkanes) is 14. The minimum Gasteiger partial charge on any atom is -0.434 e. The number of ether oxygens (including phenoxy) is 5. The average Bonchev–Trinajstić information content (AvgIpc) is 3.14. The van der Waals surface area contributed by atoms with Gasteiger partial charge >= 0.3 is 24.2 Å². The lowest BCUT2D eigenvalue weighted by molar-refractivity contribution is -0.143. The molecule has 0 aliphatic carbocycles. The first kappa shape index (κ1) is 48.0. The fourth-order valence-electron chi connectivity index (χ4n) is 6.09. The summed E-state index contributed by atoms with van der Waals surface area (Å²) in [5.41, 5.74) is 3.08. The van der Waals surface area contributed by atoms with Gasteiger partial charge in [-0.3, -0.25) is 4.79 Å². The fraction of sp³-hybridized carbons (Fsp3) is 0.617. The maximum Gasteiger partial charge on any atom is 0.518 e. The second-order valence-corrected chi connectivity index (χ2v) is 15.9. The van der Waals surface area contributed by atoms with Crippen LogP contribution in [0.1, 0.15) is 167 Å². The van der Waals surface area contributed by atoms with Gasteiger partial charge in [-0.1, -0.05) is 135 Å². The zero-order valence-corrected chi connectivity index (χ0v) is 35.4. The molecule has 0 spiro atoms. The van der Waals surface area contributed by atoms with Crippen molar-refractivity contribution in [3.8, 4) is 11.5 Å². The molecule has 0 amide bonds. The van der Waals surface area contributed by atoms with Crippen molar-refractivity contribution in [3.05, 3.63) is 70.8 Å². The maximum atomic E-state index is 12.8. The predicted molar refractivity (Wildman–Crippen MR) is 222 cm³/mol. The highest BCUT2D eigenvalue weighted by Crippen LogP contribution is 2.27. The first-order chi connectivity index (χ1) is 26.8. The van der Waals surface area contributed by atoms with Gasteiger partial charge < -0.3 is 23.7 Å². The Kier molecular flexibility index (Phi) is 23.5. The van der Waals surface area contributed by atoms with Crippen LogP contribution in [0.15, 0.2) is 48.6 Å². The van der Waals surface area contributed by atoms with Crippen LogP contribution in [-0.4, -0.2) is 37.5 Å². The van der Waals surface area contributed by atoms with Crippen LogP contribution in [0, 0.1) is 5.41 Å². The SMILES string of the molecule is C=C(C)C(=O)Oc1cc(CCCCCCCCCC)ccc1CCOC(=O)OC(=O)OCCc1ccc(CCCCCCCCCC)cc1OC(=O)C(C)(C)C. The zero-order valence-electron chi connectivity index (χ0n) is 35.4. The first-order valence-electron chi connectivity index (χ1n) is 21.2. The minimum absolute atomic E-state index is 0.105. The summed E-state index contributed by atoms with van der Waals surface area (Å²) in [5.74, 6) is -0.0669. The van der Waals surface area contributed by atoms with Crippen molar-refractivity contribution in [1.29, 1.82) is 0 Å². The van der Waals surface area contributed by atoms with E-state index in [-0.39, 0.29) is 37.6 Å². The summed E-state index contributed by atoms with van der Waals surface area (Å²) in [4.78, 5) is 49.8. The Morgan fingerprint density at radius 3 is 1.34 bits per heavy atom. The molecule has 0 fully saturated rings. The molecule has 2 aromatic rings. The van der Waals surface area contributed by atoms with Crippen LogP contribution in [0.2, 0.25) is 0 Å². The lowest BCUT2D eigenvalue weighted by Crippen LogP contribution is -2.26. The number of carbonyl (C=O) groups excluding carboxylic acids is 4. The van der Waals surface area contributed by atoms with Gasteiger partial charge in [0, 0.05) is 18.4 Å². The molecule has 2 rings (SSSR count). The first-order valence-corrected chi connectivity index (χ1v) is 21.2. The van der Waals surface area contributed by atoms with Gasteiger partial charge in [0.25, 0.3) is 0 Å². The van der Waals surface area contributed by atoms with E-state index in [0.717, 1.165) is 49.7 Å². The summed E-state index contributed by atoms with van der Waals surface area (Å²) in [5, 5.41) is 0. The number of hydrogen-bond acceptors (Lipinski definition) is 9. The molecule has 0 atom stereocenters. The molecule has 0 aliphatic rings. The number of esters is 2. The lowest BCUT2D eigenvalue weighted by atomic mass is 9.97. The third-order valence-electron chi connectivity index (χ3n) is 9.62. The van der Waals surface area contributed by atoms with E-state index in [2.05, 4.69) is 20.4 Å². The Bertz CT molecular complexity index is 1500. The second kappa shape index (κ2) is 27.5. The molecule has 0 radical (unpaired) electrons. The highest BCUT2D eigenvalue weighted by atomic mass is 16.8. The van der Waals surface area contributed by atoms with E-state index in [9.17, 15) is 19.2 Å². The topological polar surface area (TPSA) is 114 Å². The monoisotopic (exact) mass is 779 g/mol. The average molecular weight is 779 g/mol. The summed E-state index contributed by atoms with van der Waals surface area (Å²) in [6.45, 7) is 14.9. The van der Waals surface area contributed by atoms with Gasteiger partial charge in [-0.25, -0.2) is 14.4 Å². The number of benzene rings is 2. The van der Waals surface area contributed by atoms with Crippen molar-refractivity contribution in [3.63, 3.8) is 0 Å². The molecule has 0 aliphatic heterocycles. The van der Waals surface area contributed by atoms with Crippen molar-refractivity contribution in [1.82, 2.24) is 0 Å². The summed E-state index contributed by atoms with van der Waals surface area (Å²) in [6.07, 6.45) is 19.4. The second-order valence-electron chi connectivity index (χ2n) is 15.9. The van der Waals surface area contributed by atoms with Crippen molar-refractivity contribution in [2.24, 2.45) is 5.41 Å². The summed E-state index contributed by atoms with van der Waals surface area (Å²) >= 11 is 0. The van der Waals surface area contributed by atoms with Crippen LogP contribution in [-0.2, 0) is 49.5 Å². The molecule has 56 heavy (non-hydrogen) atoms. The van der Waals surface area contributed by atoms with Gasteiger partial charge in [0.1, 0.15) is 11.5 Å². The van der Waals surface area contributed by atoms with Crippen molar-refractivity contribution < 1.29 is 42.9 Å². The molecule has 0 saturated carbocycles. The van der Waals surface area contributed by atoms with Crippen molar-refractivity contribution >= 4 is 24.2 Å². The third-order valence-corrected chi connectivity index (χ3v) is 9.62. The van der Waals surface area contributed by atoms with E-state index in [4.69, 9.17) is 23.7 Å². The Balaban J connectivity index is 1.87. The molecule has 9 nitrogen and oxygen atoms in total. The van der Waals surface area contributed by atoms with Crippen LogP contribution < -0.4 is 9.47 Å². The molecular weight excluding hydrogens is 709 g/mol. The summed E-state index contributed by atoms with van der Waals surface area (Å²) in [6, 6.07) is 11.5. The number of rotatable bonds is 27. The third kappa shape index (κ3) is 20.7. The number of carbonyl (C=O) groups is 4. The Morgan fingerprint density at radius 1 is 0.554 bits per heavy atom. The van der Waals surface area contributed by atoms with Crippen LogP contribution in [0.3, 0.4) is 0 Å². The normalized spacial score (nSPS) is 11.2. The van der Waals surface area contributed by atoms with Crippen LogP contribution in [0.4, 0.5) is 9.59 Å². The highest BCUT2D eigenvalue weighted by Gasteiger charge is 2.25. The van der Waals surface area contributed by atoms with Gasteiger partial charge in [0.15, 0.2) is 0 Å². The smallest absolute Gasteiger partial charge is 0.434 e. The molecule has 0 saturated heterocycles. The summed E-state index contributed by atoms with van der Waals surface area (Å²) in [7, 11) is 0. The molecule has 0 unspecified atom stereocenters. The molecule has 0 aromatic heterocycles. The zero-order chi connectivity index (χ0) is 41.2. The molecule has 0 bridgehead atoms. The largest absolute Gasteiger partial charge is 0.518 e. The van der Waals surface area contributed by atoms with Crippen LogP contribution in [0.25, 0.3) is 0 Å². The van der Waals surface area contributed by atoms with Gasteiger partial charge in [-0.05, 0) is 87.8 Å². The molecular formula is C47H70O9. The van der Waals surface area contributed by atoms with Crippen molar-refractivity contribution in [2.45, 2.75) is 170 Å². The quantitative estimate of drug-likeness (QED) is 0.0287. The molecule has 0 heterocycles. The maximum absolute atomic E-state index is 12.8. The van der Waals surface area contributed by atoms with Crippen LogP contribution in [0.5, 0.6) is 11.5 Å². The van der Waals surface area contributed by atoms with E-state index in [1.54, 1.807) is 27.7 Å². The fourth-order valence-corrected chi connectivity index (χ4v) is 6.09. The molecule has 2 aromatic carbocycles. The minimum atomic E-state index is -1.20. The van der Waals surface area contributed by atoms with Crippen LogP contribution >= 0.6 is 0 Å². The molecule has 9 heteroatoms. The van der Waals surface area contributed by atoms with Gasteiger partial charge in [-0.2, -0.15) is 0 Å². The van der Waals surface area contributed by atoms with Gasteiger partial charge in [-0.15, -0.1) is 0 Å². The Labute approximate surface area is 337 Å². The molecule has 312 valence electrons. The van der Waals surface area contributed by atoms with E-state index in [1.165, 1.54) is 77.0 Å². The summed E-state index contributed by atoms with van der Waals surface area (Å²) < 4.78 is 26.4. The van der Waals surface area contributed by atoms with E-state index >= 15 is 0 Å². The molecule has 0 N–H and O–H groups in total. The standard InChI is InChI=1S/C47H70O9/c1-8-10-12-14-16-18-20-22-24-37-26-28-39(41(34-37)54-43(48)36(3)4)30-32-52-45(50)56-46(51)53-33-31-40-29-27-38(25-23-21-19-17-15-13-11-9-2)35-42(40)55-44(49)47(5,6)7/h26-29,34-35H,3,8-25,30-33H2,1-2,4-7H3. The van der Waals surface area contributed by atoms with Crippen molar-refractivity contribution in [2.75, 3.05) is 13.2 Å². The van der Waals surface area contributed by atoms with Gasteiger partial charge in [0.05, 0.1) is 18.6 Å².